The molecule has 0 saturated carbocycles. The van der Waals surface area contributed by atoms with Crippen molar-refractivity contribution in [2.45, 2.75) is 32.1 Å². The molecule has 2 aromatic carbocycles. The molecule has 0 fully saturated rings. The zero-order valence-electron chi connectivity index (χ0n) is 15.7. The van der Waals surface area contributed by atoms with Gasteiger partial charge in [0.1, 0.15) is 6.54 Å². The average molecular weight is 405 g/mol. The summed E-state index contributed by atoms with van der Waals surface area (Å²) in [7, 11) is 0. The molecule has 0 unspecified atom stereocenters. The highest BCUT2D eigenvalue weighted by Gasteiger charge is 2.38. The van der Waals surface area contributed by atoms with Crippen LogP contribution in [0.4, 0.5) is 13.2 Å². The molecular weight excluding hydrogens is 387 g/mol. The van der Waals surface area contributed by atoms with Gasteiger partial charge in [-0.05, 0) is 43.7 Å². The number of hydrogen-bond acceptors (Lipinski definition) is 4. The van der Waals surface area contributed by atoms with Gasteiger partial charge in [0, 0.05) is 0 Å². The summed E-state index contributed by atoms with van der Waals surface area (Å²) >= 11 is 0. The minimum absolute atomic E-state index is 0.125. The number of halogens is 3. The van der Waals surface area contributed by atoms with Crippen LogP contribution in [0.3, 0.4) is 0 Å². The minimum atomic E-state index is -4.67. The van der Waals surface area contributed by atoms with Crippen LogP contribution in [-0.4, -0.2) is 22.3 Å². The van der Waals surface area contributed by atoms with Crippen molar-refractivity contribution >= 4 is 16.9 Å². The van der Waals surface area contributed by atoms with Gasteiger partial charge in [-0.2, -0.15) is 13.2 Å². The van der Waals surface area contributed by atoms with Crippen molar-refractivity contribution in [1.82, 2.24) is 14.9 Å². The van der Waals surface area contributed by atoms with Gasteiger partial charge in [0.2, 0.25) is 18.5 Å². The van der Waals surface area contributed by atoms with Crippen LogP contribution in [0.2, 0.25) is 0 Å². The Morgan fingerprint density at radius 3 is 2.62 bits per heavy atom. The van der Waals surface area contributed by atoms with E-state index in [9.17, 15) is 18.0 Å². The molecule has 2 heterocycles. The average Bonchev–Trinajstić information content (AvgIpc) is 3.25. The number of fused-ring (bicyclic) bond motifs is 2. The summed E-state index contributed by atoms with van der Waals surface area (Å²) in [6.07, 6.45) is -4.67. The maximum absolute atomic E-state index is 13.4. The highest BCUT2D eigenvalue weighted by molar-refractivity contribution is 5.81. The number of ether oxygens (including phenoxy) is 2. The van der Waals surface area contributed by atoms with Crippen molar-refractivity contribution in [2.24, 2.45) is 0 Å². The van der Waals surface area contributed by atoms with E-state index < -0.39 is 30.0 Å². The number of hydrogen-bond donors (Lipinski definition) is 1. The van der Waals surface area contributed by atoms with E-state index in [1.807, 2.05) is 0 Å². The predicted molar refractivity (Wildman–Crippen MR) is 98.5 cm³/mol. The summed E-state index contributed by atoms with van der Waals surface area (Å²) in [6, 6.07) is 11.5. The van der Waals surface area contributed by atoms with Crippen molar-refractivity contribution < 1.29 is 27.4 Å². The largest absolute Gasteiger partial charge is 0.454 e. The molecule has 0 spiro atoms. The quantitative estimate of drug-likeness (QED) is 0.717. The van der Waals surface area contributed by atoms with Gasteiger partial charge in [-0.1, -0.05) is 18.2 Å². The van der Waals surface area contributed by atoms with Gasteiger partial charge in [-0.15, -0.1) is 0 Å². The molecule has 29 heavy (non-hydrogen) atoms. The molecule has 0 bridgehead atoms. The van der Waals surface area contributed by atoms with Crippen LogP contribution in [0, 0.1) is 0 Å². The summed E-state index contributed by atoms with van der Waals surface area (Å²) < 4.78 is 51.8. The Hall–Kier alpha value is -3.23. The topological polar surface area (TPSA) is 65.4 Å². The second-order valence-corrected chi connectivity index (χ2v) is 7.25. The Labute approximate surface area is 164 Å². The van der Waals surface area contributed by atoms with E-state index in [1.165, 1.54) is 12.1 Å². The second-order valence-electron chi connectivity index (χ2n) is 7.25. The summed E-state index contributed by atoms with van der Waals surface area (Å²) in [5, 5.41) is 2.79. The number of aromatic nitrogens is 2. The Kier molecular flexibility index (Phi) is 4.40. The lowest BCUT2D eigenvalue weighted by atomic mass is 9.94. The first-order valence-corrected chi connectivity index (χ1v) is 8.89. The number of benzene rings is 2. The van der Waals surface area contributed by atoms with Gasteiger partial charge in [-0.3, -0.25) is 4.79 Å². The van der Waals surface area contributed by atoms with E-state index in [0.29, 0.717) is 11.5 Å². The summed E-state index contributed by atoms with van der Waals surface area (Å²) in [6.45, 7) is 3.14. The lowest BCUT2D eigenvalue weighted by molar-refractivity contribution is -0.147. The van der Waals surface area contributed by atoms with Crippen LogP contribution >= 0.6 is 0 Å². The fourth-order valence-electron chi connectivity index (χ4n) is 3.34. The predicted octanol–water partition coefficient (Wildman–Crippen LogP) is 3.84. The van der Waals surface area contributed by atoms with Crippen LogP contribution < -0.4 is 14.8 Å². The van der Waals surface area contributed by atoms with E-state index in [0.717, 1.165) is 10.1 Å². The van der Waals surface area contributed by atoms with Gasteiger partial charge < -0.3 is 19.4 Å². The van der Waals surface area contributed by atoms with Crippen LogP contribution in [0.15, 0.2) is 42.5 Å². The number of alkyl halides is 3. The van der Waals surface area contributed by atoms with E-state index >= 15 is 0 Å². The van der Waals surface area contributed by atoms with Crippen molar-refractivity contribution in [2.75, 3.05) is 6.79 Å². The normalized spacial score (nSPS) is 13.7. The number of carbonyl (C=O) groups excluding carboxylic acids is 1. The molecule has 6 nitrogen and oxygen atoms in total. The first-order valence-electron chi connectivity index (χ1n) is 8.89. The van der Waals surface area contributed by atoms with Crippen LogP contribution in [-0.2, 0) is 23.1 Å². The Morgan fingerprint density at radius 1 is 1.14 bits per heavy atom. The molecule has 152 valence electrons. The number of amides is 1. The molecule has 0 aliphatic carbocycles. The molecule has 3 aromatic rings. The zero-order chi connectivity index (χ0) is 20.8. The number of rotatable bonds is 4. The van der Waals surface area contributed by atoms with E-state index in [2.05, 4.69) is 10.3 Å². The Balaban J connectivity index is 1.60. The molecule has 4 rings (SSSR count). The van der Waals surface area contributed by atoms with Crippen LogP contribution in [0.1, 0.15) is 25.2 Å². The van der Waals surface area contributed by atoms with Crippen molar-refractivity contribution in [3.63, 3.8) is 0 Å². The Bertz CT molecular complexity index is 1090. The third kappa shape index (κ3) is 3.59. The fourth-order valence-corrected chi connectivity index (χ4v) is 3.34. The molecule has 1 aromatic heterocycles. The van der Waals surface area contributed by atoms with E-state index in [-0.39, 0.29) is 17.8 Å². The number of nitrogens with zero attached hydrogens (tertiary/aromatic N) is 2. The van der Waals surface area contributed by atoms with Crippen molar-refractivity contribution in [3.8, 4) is 11.5 Å². The molecule has 0 atom stereocenters. The van der Waals surface area contributed by atoms with Crippen LogP contribution in [0.5, 0.6) is 11.5 Å². The maximum Gasteiger partial charge on any atom is 0.449 e. The highest BCUT2D eigenvalue weighted by atomic mass is 19.4. The van der Waals surface area contributed by atoms with Gasteiger partial charge in [-0.25, -0.2) is 4.98 Å². The third-order valence-corrected chi connectivity index (χ3v) is 4.76. The molecule has 1 amide bonds. The van der Waals surface area contributed by atoms with Gasteiger partial charge in [0.15, 0.2) is 11.5 Å². The lowest BCUT2D eigenvalue weighted by Crippen LogP contribution is -2.42. The molecule has 1 N–H and O–H groups in total. The van der Waals surface area contributed by atoms with Crippen molar-refractivity contribution in [3.05, 3.63) is 53.9 Å². The van der Waals surface area contributed by atoms with E-state index in [1.54, 1.807) is 44.2 Å². The fraction of sp³-hybridized carbons (Fsp3) is 0.300. The molecular formula is C20H18F3N3O3. The first kappa shape index (κ1) is 19.1. The summed E-state index contributed by atoms with van der Waals surface area (Å²) in [5.41, 5.74) is 0.326. The maximum atomic E-state index is 13.4. The molecule has 9 heteroatoms. The monoisotopic (exact) mass is 405 g/mol. The number of nitrogens with one attached hydrogen (secondary N) is 1. The van der Waals surface area contributed by atoms with Crippen LogP contribution in [0.25, 0.3) is 11.0 Å². The standard InChI is InChI=1S/C20H18F3N3O3/c1-19(2,12-7-8-15-16(9-12)29-11-28-15)25-17(27)10-26-14-6-4-3-5-13(14)24-18(26)20(21,22)23/h3-9H,10-11H2,1-2H3,(H,25,27). The van der Waals surface area contributed by atoms with Gasteiger partial charge >= 0.3 is 6.18 Å². The highest BCUT2D eigenvalue weighted by Crippen LogP contribution is 2.36. The SMILES string of the molecule is CC(C)(NC(=O)Cn1c(C(F)(F)F)nc2ccccc21)c1ccc2c(c1)OCO2. The van der Waals surface area contributed by atoms with Gasteiger partial charge in [0.05, 0.1) is 16.6 Å². The molecule has 1 aliphatic heterocycles. The Morgan fingerprint density at radius 2 is 1.86 bits per heavy atom. The lowest BCUT2D eigenvalue weighted by Gasteiger charge is -2.27. The minimum Gasteiger partial charge on any atom is -0.454 e. The van der Waals surface area contributed by atoms with Crippen molar-refractivity contribution in [1.29, 1.82) is 0 Å². The molecule has 0 radical (unpaired) electrons. The number of carbonyl (C=O) groups is 1. The molecule has 0 saturated heterocycles. The number of imidazole rings is 1. The first-order chi connectivity index (χ1) is 13.6. The van der Waals surface area contributed by atoms with E-state index in [4.69, 9.17) is 9.47 Å². The smallest absolute Gasteiger partial charge is 0.449 e. The summed E-state index contributed by atoms with van der Waals surface area (Å²) in [5.74, 6) is -0.503. The summed E-state index contributed by atoms with van der Waals surface area (Å²) in [4.78, 5) is 16.3. The number of para-hydroxylation sites is 2. The van der Waals surface area contributed by atoms with Gasteiger partial charge in [0.25, 0.3) is 0 Å². The third-order valence-electron chi connectivity index (χ3n) is 4.76. The zero-order valence-corrected chi connectivity index (χ0v) is 15.7. The molecule has 1 aliphatic rings. The second kappa shape index (κ2) is 6.68.